The highest BCUT2D eigenvalue weighted by Crippen LogP contribution is 2.38. The van der Waals surface area contributed by atoms with Crippen molar-refractivity contribution >= 4 is 0 Å². The lowest BCUT2D eigenvalue weighted by Gasteiger charge is -2.19. The SMILES string of the molecule is NC(c1noc(CC2CCCCC2)n1)C1CC1. The first-order valence-corrected chi connectivity index (χ1v) is 6.91. The highest BCUT2D eigenvalue weighted by Gasteiger charge is 2.32. The van der Waals surface area contributed by atoms with E-state index in [1.165, 1.54) is 44.9 Å². The topological polar surface area (TPSA) is 64.9 Å². The zero-order chi connectivity index (χ0) is 11.7. The molecule has 3 rings (SSSR count). The first-order chi connectivity index (χ1) is 8.33. The maximum absolute atomic E-state index is 6.06. The van der Waals surface area contributed by atoms with Gasteiger partial charge in [-0.05, 0) is 37.5 Å². The molecule has 0 aromatic carbocycles. The fourth-order valence-electron chi connectivity index (χ4n) is 2.79. The van der Waals surface area contributed by atoms with Crippen LogP contribution in [0.3, 0.4) is 0 Å². The van der Waals surface area contributed by atoms with Crippen molar-refractivity contribution in [3.05, 3.63) is 11.7 Å². The van der Waals surface area contributed by atoms with E-state index in [0.717, 1.165) is 24.1 Å². The molecule has 2 aliphatic carbocycles. The summed E-state index contributed by atoms with van der Waals surface area (Å²) >= 11 is 0. The van der Waals surface area contributed by atoms with Crippen LogP contribution in [0.15, 0.2) is 4.52 Å². The average Bonchev–Trinajstić information content (AvgIpc) is 3.11. The lowest BCUT2D eigenvalue weighted by atomic mass is 9.87. The number of nitrogens with zero attached hydrogens (tertiary/aromatic N) is 2. The summed E-state index contributed by atoms with van der Waals surface area (Å²) < 4.78 is 5.33. The zero-order valence-electron chi connectivity index (χ0n) is 10.3. The Hall–Kier alpha value is -0.900. The van der Waals surface area contributed by atoms with Crippen molar-refractivity contribution in [2.45, 2.75) is 57.4 Å². The molecule has 1 unspecified atom stereocenters. The van der Waals surface area contributed by atoms with E-state index in [-0.39, 0.29) is 6.04 Å². The van der Waals surface area contributed by atoms with Gasteiger partial charge in [0.15, 0.2) is 5.82 Å². The Kier molecular flexibility index (Phi) is 3.14. The van der Waals surface area contributed by atoms with E-state index in [9.17, 15) is 0 Å². The van der Waals surface area contributed by atoms with Gasteiger partial charge < -0.3 is 10.3 Å². The third-order valence-electron chi connectivity index (χ3n) is 4.10. The molecule has 1 aromatic heterocycles. The molecule has 17 heavy (non-hydrogen) atoms. The second kappa shape index (κ2) is 4.77. The van der Waals surface area contributed by atoms with Gasteiger partial charge in [-0.15, -0.1) is 0 Å². The third-order valence-corrected chi connectivity index (χ3v) is 4.10. The molecular formula is C13H21N3O. The smallest absolute Gasteiger partial charge is 0.226 e. The summed E-state index contributed by atoms with van der Waals surface area (Å²) in [5, 5.41) is 4.03. The maximum atomic E-state index is 6.06. The normalized spacial score (nSPS) is 23.8. The van der Waals surface area contributed by atoms with E-state index in [2.05, 4.69) is 10.1 Å². The number of hydrogen-bond acceptors (Lipinski definition) is 4. The van der Waals surface area contributed by atoms with Gasteiger partial charge in [0, 0.05) is 6.42 Å². The van der Waals surface area contributed by atoms with Gasteiger partial charge in [0.2, 0.25) is 5.89 Å². The summed E-state index contributed by atoms with van der Waals surface area (Å²) in [4.78, 5) is 4.46. The Morgan fingerprint density at radius 1 is 1.18 bits per heavy atom. The number of hydrogen-bond donors (Lipinski definition) is 1. The second-order valence-electron chi connectivity index (χ2n) is 5.62. The molecule has 0 aliphatic heterocycles. The summed E-state index contributed by atoms with van der Waals surface area (Å²) in [6.07, 6.45) is 10.1. The van der Waals surface area contributed by atoms with E-state index >= 15 is 0 Å². The van der Waals surface area contributed by atoms with Crippen molar-refractivity contribution in [3.8, 4) is 0 Å². The number of rotatable bonds is 4. The molecule has 94 valence electrons. The largest absolute Gasteiger partial charge is 0.339 e. The highest BCUT2D eigenvalue weighted by atomic mass is 16.5. The van der Waals surface area contributed by atoms with Crippen molar-refractivity contribution < 1.29 is 4.52 Å². The fraction of sp³-hybridized carbons (Fsp3) is 0.846. The minimum absolute atomic E-state index is 0.00106. The lowest BCUT2D eigenvalue weighted by molar-refractivity contribution is 0.303. The van der Waals surface area contributed by atoms with Gasteiger partial charge in [-0.25, -0.2) is 0 Å². The van der Waals surface area contributed by atoms with Crippen LogP contribution in [0, 0.1) is 11.8 Å². The van der Waals surface area contributed by atoms with Gasteiger partial charge in [0.05, 0.1) is 6.04 Å². The monoisotopic (exact) mass is 235 g/mol. The van der Waals surface area contributed by atoms with E-state index in [0.29, 0.717) is 5.92 Å². The number of aromatic nitrogens is 2. The molecule has 0 spiro atoms. The minimum atomic E-state index is -0.00106. The van der Waals surface area contributed by atoms with Gasteiger partial charge >= 0.3 is 0 Å². The van der Waals surface area contributed by atoms with Crippen molar-refractivity contribution in [2.24, 2.45) is 17.6 Å². The highest BCUT2D eigenvalue weighted by molar-refractivity contribution is 5.00. The van der Waals surface area contributed by atoms with E-state index in [1.54, 1.807) is 0 Å². The van der Waals surface area contributed by atoms with Crippen LogP contribution in [-0.2, 0) is 6.42 Å². The molecule has 0 bridgehead atoms. The van der Waals surface area contributed by atoms with Gasteiger partial charge in [0.25, 0.3) is 0 Å². The molecule has 1 atom stereocenters. The van der Waals surface area contributed by atoms with E-state index < -0.39 is 0 Å². The third kappa shape index (κ3) is 2.68. The van der Waals surface area contributed by atoms with Crippen LogP contribution in [0.2, 0.25) is 0 Å². The second-order valence-corrected chi connectivity index (χ2v) is 5.62. The van der Waals surface area contributed by atoms with Crippen molar-refractivity contribution in [1.82, 2.24) is 10.1 Å². The number of nitrogens with two attached hydrogens (primary N) is 1. The zero-order valence-corrected chi connectivity index (χ0v) is 10.3. The maximum Gasteiger partial charge on any atom is 0.226 e. The molecule has 2 fully saturated rings. The average molecular weight is 235 g/mol. The molecule has 0 amide bonds. The summed E-state index contributed by atoms with van der Waals surface area (Å²) in [7, 11) is 0. The summed E-state index contributed by atoms with van der Waals surface area (Å²) in [6, 6.07) is -0.00106. The van der Waals surface area contributed by atoms with Crippen LogP contribution >= 0.6 is 0 Å². The molecule has 0 saturated heterocycles. The molecule has 2 saturated carbocycles. The molecule has 0 radical (unpaired) electrons. The Morgan fingerprint density at radius 2 is 1.94 bits per heavy atom. The fourth-order valence-corrected chi connectivity index (χ4v) is 2.79. The molecule has 4 heteroatoms. The summed E-state index contributed by atoms with van der Waals surface area (Å²) in [5.41, 5.74) is 6.06. The van der Waals surface area contributed by atoms with E-state index in [1.807, 2.05) is 0 Å². The van der Waals surface area contributed by atoms with Crippen molar-refractivity contribution in [3.63, 3.8) is 0 Å². The standard InChI is InChI=1S/C13H21N3O/c14-12(10-6-7-10)13-15-11(17-16-13)8-9-4-2-1-3-5-9/h9-10,12H,1-8,14H2. The van der Waals surface area contributed by atoms with Crippen LogP contribution in [0.5, 0.6) is 0 Å². The predicted octanol–water partition coefficient (Wildman–Crippen LogP) is 2.60. The van der Waals surface area contributed by atoms with Gasteiger partial charge in [-0.3, -0.25) is 0 Å². The van der Waals surface area contributed by atoms with E-state index in [4.69, 9.17) is 10.3 Å². The molecule has 4 nitrogen and oxygen atoms in total. The molecule has 2 N–H and O–H groups in total. The molecule has 1 heterocycles. The van der Waals surface area contributed by atoms with Crippen LogP contribution in [-0.4, -0.2) is 10.1 Å². The van der Waals surface area contributed by atoms with Crippen LogP contribution in [0.1, 0.15) is 62.7 Å². The van der Waals surface area contributed by atoms with Crippen molar-refractivity contribution in [2.75, 3.05) is 0 Å². The first kappa shape index (κ1) is 11.2. The minimum Gasteiger partial charge on any atom is -0.339 e. The van der Waals surface area contributed by atoms with Crippen LogP contribution < -0.4 is 5.73 Å². The molecular weight excluding hydrogens is 214 g/mol. The Balaban J connectivity index is 1.59. The summed E-state index contributed by atoms with van der Waals surface area (Å²) in [5.74, 6) is 2.85. The van der Waals surface area contributed by atoms with Gasteiger partial charge in [0.1, 0.15) is 0 Å². The Morgan fingerprint density at radius 3 is 2.65 bits per heavy atom. The van der Waals surface area contributed by atoms with Gasteiger partial charge in [-0.1, -0.05) is 24.4 Å². The first-order valence-electron chi connectivity index (χ1n) is 6.91. The molecule has 2 aliphatic rings. The predicted molar refractivity (Wildman–Crippen MR) is 64.2 cm³/mol. The molecule has 1 aromatic rings. The van der Waals surface area contributed by atoms with Crippen LogP contribution in [0.25, 0.3) is 0 Å². The Labute approximate surface area is 102 Å². The Bertz CT molecular complexity index is 366. The summed E-state index contributed by atoms with van der Waals surface area (Å²) in [6.45, 7) is 0. The van der Waals surface area contributed by atoms with Gasteiger partial charge in [-0.2, -0.15) is 4.98 Å². The van der Waals surface area contributed by atoms with Crippen LogP contribution in [0.4, 0.5) is 0 Å². The quantitative estimate of drug-likeness (QED) is 0.871. The van der Waals surface area contributed by atoms with Crippen molar-refractivity contribution in [1.29, 1.82) is 0 Å². The lowest BCUT2D eigenvalue weighted by Crippen LogP contribution is -2.14.